The fraction of sp³-hybridized carbons (Fsp3) is 0.333. The predicted octanol–water partition coefficient (Wildman–Crippen LogP) is 2.62. The van der Waals surface area contributed by atoms with E-state index in [1.807, 2.05) is 23.1 Å². The van der Waals surface area contributed by atoms with Gasteiger partial charge in [0.15, 0.2) is 0 Å². The zero-order chi connectivity index (χ0) is 13.2. The van der Waals surface area contributed by atoms with Crippen LogP contribution >= 0.6 is 11.6 Å². The van der Waals surface area contributed by atoms with Crippen LogP contribution in [0.15, 0.2) is 36.5 Å². The summed E-state index contributed by atoms with van der Waals surface area (Å²) in [5.41, 5.74) is 2.24. The van der Waals surface area contributed by atoms with Gasteiger partial charge < -0.3 is 4.90 Å². The zero-order valence-electron chi connectivity index (χ0n) is 10.6. The fourth-order valence-electron chi connectivity index (χ4n) is 2.58. The number of hydrogen-bond donors (Lipinski definition) is 0. The van der Waals surface area contributed by atoms with Crippen molar-refractivity contribution in [2.75, 3.05) is 13.1 Å². The largest absolute Gasteiger partial charge is 0.341 e. The summed E-state index contributed by atoms with van der Waals surface area (Å²) < 4.78 is 0. The molecule has 98 valence electrons. The van der Waals surface area contributed by atoms with Crippen LogP contribution in [0.2, 0.25) is 0 Å². The van der Waals surface area contributed by atoms with E-state index < -0.39 is 0 Å². The van der Waals surface area contributed by atoms with Crippen molar-refractivity contribution in [2.45, 2.75) is 18.2 Å². The second kappa shape index (κ2) is 5.17. The Balaban J connectivity index is 1.77. The minimum absolute atomic E-state index is 0.0262. The normalized spacial score (nSPS) is 19.3. The number of nitrogens with zero attached hydrogens (tertiary/aromatic N) is 2. The molecule has 4 heteroatoms. The molecule has 0 N–H and O–H groups in total. The summed E-state index contributed by atoms with van der Waals surface area (Å²) in [5, 5.41) is 1.14. The van der Waals surface area contributed by atoms with Gasteiger partial charge in [-0.15, -0.1) is 11.6 Å². The Kier molecular flexibility index (Phi) is 3.38. The molecule has 1 amide bonds. The molecule has 0 saturated carbocycles. The molecule has 1 fully saturated rings. The Hall–Kier alpha value is -1.61. The first-order chi connectivity index (χ1) is 9.24. The van der Waals surface area contributed by atoms with Gasteiger partial charge in [0, 0.05) is 31.1 Å². The Morgan fingerprint density at radius 2 is 2.21 bits per heavy atom. The number of likely N-dealkylation sites (tertiary alicyclic amines) is 1. The fourth-order valence-corrected chi connectivity index (χ4v) is 2.88. The summed E-state index contributed by atoms with van der Waals surface area (Å²) in [5.74, 6) is 0.165. The number of benzene rings is 1. The molecule has 1 aliphatic rings. The quantitative estimate of drug-likeness (QED) is 0.806. The van der Waals surface area contributed by atoms with Gasteiger partial charge in [-0.3, -0.25) is 9.78 Å². The molecule has 0 spiro atoms. The van der Waals surface area contributed by atoms with Crippen molar-refractivity contribution < 1.29 is 4.79 Å². The lowest BCUT2D eigenvalue weighted by Crippen LogP contribution is -2.27. The molecule has 1 aliphatic heterocycles. The standard InChI is InChI=1S/C15H15ClN2O/c16-12-9-15(19)18(10-12)8-6-11-3-1-5-14-13(11)4-2-7-17-14/h1-5,7,12H,6,8-10H2. The van der Waals surface area contributed by atoms with Crippen LogP contribution in [0.1, 0.15) is 12.0 Å². The molecule has 0 bridgehead atoms. The third kappa shape index (κ3) is 2.56. The van der Waals surface area contributed by atoms with Crippen molar-refractivity contribution >= 4 is 28.4 Å². The molecule has 2 aromatic rings. The SMILES string of the molecule is O=C1CC(Cl)CN1CCc1cccc2ncccc12. The maximum absolute atomic E-state index is 11.7. The predicted molar refractivity (Wildman–Crippen MR) is 76.3 cm³/mol. The second-order valence-corrected chi connectivity index (χ2v) is 5.50. The van der Waals surface area contributed by atoms with E-state index in [-0.39, 0.29) is 11.3 Å². The number of fused-ring (bicyclic) bond motifs is 1. The van der Waals surface area contributed by atoms with Crippen LogP contribution in [0.5, 0.6) is 0 Å². The number of alkyl halides is 1. The second-order valence-electron chi connectivity index (χ2n) is 4.88. The van der Waals surface area contributed by atoms with Crippen molar-refractivity contribution in [3.05, 3.63) is 42.1 Å². The van der Waals surface area contributed by atoms with Crippen LogP contribution in [0.4, 0.5) is 0 Å². The highest BCUT2D eigenvalue weighted by Crippen LogP contribution is 2.20. The third-order valence-corrected chi connectivity index (χ3v) is 3.85. The minimum Gasteiger partial charge on any atom is -0.341 e. The molecule has 3 rings (SSSR count). The Bertz CT molecular complexity index is 609. The van der Waals surface area contributed by atoms with E-state index in [1.165, 1.54) is 10.9 Å². The number of rotatable bonds is 3. The number of carbonyl (C=O) groups is 1. The summed E-state index contributed by atoms with van der Waals surface area (Å²) in [6.45, 7) is 1.40. The first kappa shape index (κ1) is 12.4. The number of halogens is 1. The van der Waals surface area contributed by atoms with Gasteiger partial charge in [0.05, 0.1) is 10.9 Å². The van der Waals surface area contributed by atoms with E-state index in [0.717, 1.165) is 18.5 Å². The third-order valence-electron chi connectivity index (χ3n) is 3.55. The van der Waals surface area contributed by atoms with Crippen LogP contribution in [-0.4, -0.2) is 34.3 Å². The molecule has 0 radical (unpaired) electrons. The Morgan fingerprint density at radius 1 is 1.32 bits per heavy atom. The van der Waals surface area contributed by atoms with Crippen LogP contribution in [-0.2, 0) is 11.2 Å². The van der Waals surface area contributed by atoms with E-state index in [1.54, 1.807) is 6.20 Å². The molecule has 1 saturated heterocycles. The monoisotopic (exact) mass is 274 g/mol. The average Bonchev–Trinajstić information content (AvgIpc) is 2.74. The van der Waals surface area contributed by atoms with Gasteiger partial charge in [0.2, 0.25) is 5.91 Å². The highest BCUT2D eigenvalue weighted by Gasteiger charge is 2.27. The van der Waals surface area contributed by atoms with E-state index >= 15 is 0 Å². The average molecular weight is 275 g/mol. The van der Waals surface area contributed by atoms with Gasteiger partial charge >= 0.3 is 0 Å². The summed E-state index contributed by atoms with van der Waals surface area (Å²) in [6.07, 6.45) is 3.12. The van der Waals surface area contributed by atoms with Crippen molar-refractivity contribution in [3.63, 3.8) is 0 Å². The van der Waals surface area contributed by atoms with Gasteiger partial charge in [-0.05, 0) is 24.1 Å². The van der Waals surface area contributed by atoms with Crippen molar-refractivity contribution in [1.29, 1.82) is 0 Å². The summed E-state index contributed by atoms with van der Waals surface area (Å²) >= 11 is 6.01. The summed E-state index contributed by atoms with van der Waals surface area (Å²) in [7, 11) is 0. The van der Waals surface area contributed by atoms with E-state index in [2.05, 4.69) is 17.1 Å². The lowest BCUT2D eigenvalue weighted by molar-refractivity contribution is -0.127. The molecule has 0 aliphatic carbocycles. The molecule has 1 unspecified atom stereocenters. The lowest BCUT2D eigenvalue weighted by Gasteiger charge is -2.16. The molecule has 1 atom stereocenters. The van der Waals surface area contributed by atoms with Crippen LogP contribution in [0.3, 0.4) is 0 Å². The van der Waals surface area contributed by atoms with Gasteiger partial charge in [0.25, 0.3) is 0 Å². The van der Waals surface area contributed by atoms with E-state index in [0.29, 0.717) is 13.0 Å². The van der Waals surface area contributed by atoms with Crippen LogP contribution < -0.4 is 0 Å². The van der Waals surface area contributed by atoms with Crippen molar-refractivity contribution in [2.24, 2.45) is 0 Å². The molecule has 19 heavy (non-hydrogen) atoms. The number of amides is 1. The lowest BCUT2D eigenvalue weighted by atomic mass is 10.1. The van der Waals surface area contributed by atoms with Gasteiger partial charge in [-0.2, -0.15) is 0 Å². The highest BCUT2D eigenvalue weighted by atomic mass is 35.5. The Morgan fingerprint density at radius 3 is 3.00 bits per heavy atom. The maximum Gasteiger partial charge on any atom is 0.224 e. The molecule has 1 aromatic carbocycles. The van der Waals surface area contributed by atoms with Crippen molar-refractivity contribution in [3.8, 4) is 0 Å². The topological polar surface area (TPSA) is 33.2 Å². The number of hydrogen-bond acceptors (Lipinski definition) is 2. The molecular weight excluding hydrogens is 260 g/mol. The van der Waals surface area contributed by atoms with Gasteiger partial charge in [-0.1, -0.05) is 18.2 Å². The van der Waals surface area contributed by atoms with Gasteiger partial charge in [0.1, 0.15) is 0 Å². The first-order valence-corrected chi connectivity index (χ1v) is 6.92. The summed E-state index contributed by atoms with van der Waals surface area (Å²) in [4.78, 5) is 17.9. The van der Waals surface area contributed by atoms with Crippen LogP contribution in [0, 0.1) is 0 Å². The Labute approximate surface area is 117 Å². The first-order valence-electron chi connectivity index (χ1n) is 6.48. The highest BCUT2D eigenvalue weighted by molar-refractivity contribution is 6.22. The maximum atomic E-state index is 11.7. The van der Waals surface area contributed by atoms with Crippen LogP contribution in [0.25, 0.3) is 10.9 Å². The number of carbonyl (C=O) groups excluding carboxylic acids is 1. The molecule has 2 heterocycles. The number of aromatic nitrogens is 1. The number of pyridine rings is 1. The minimum atomic E-state index is -0.0262. The smallest absolute Gasteiger partial charge is 0.224 e. The zero-order valence-corrected chi connectivity index (χ0v) is 11.3. The van der Waals surface area contributed by atoms with E-state index in [4.69, 9.17) is 11.6 Å². The molecule has 3 nitrogen and oxygen atoms in total. The van der Waals surface area contributed by atoms with Gasteiger partial charge in [-0.25, -0.2) is 0 Å². The summed E-state index contributed by atoms with van der Waals surface area (Å²) in [6, 6.07) is 10.1. The van der Waals surface area contributed by atoms with E-state index in [9.17, 15) is 4.79 Å². The molecular formula is C15H15ClN2O. The molecule has 1 aromatic heterocycles. The van der Waals surface area contributed by atoms with Crippen molar-refractivity contribution in [1.82, 2.24) is 9.88 Å².